The lowest BCUT2D eigenvalue weighted by Crippen LogP contribution is -2.38. The minimum atomic E-state index is -0.210. The summed E-state index contributed by atoms with van der Waals surface area (Å²) in [5.74, 6) is 0.378. The molecule has 3 nitrogen and oxygen atoms in total. The number of halogens is 2. The summed E-state index contributed by atoms with van der Waals surface area (Å²) < 4.78 is 13.2. The van der Waals surface area contributed by atoms with Crippen molar-refractivity contribution in [1.29, 1.82) is 0 Å². The van der Waals surface area contributed by atoms with E-state index in [-0.39, 0.29) is 30.2 Å². The van der Waals surface area contributed by atoms with E-state index in [1.165, 1.54) is 6.07 Å². The minimum Gasteiger partial charge on any atom is -0.339 e. The predicted molar refractivity (Wildman–Crippen MR) is 92.0 cm³/mol. The van der Waals surface area contributed by atoms with Gasteiger partial charge in [0.15, 0.2) is 0 Å². The highest BCUT2D eigenvalue weighted by Gasteiger charge is 2.34. The zero-order valence-corrected chi connectivity index (χ0v) is 14.2. The standard InChI is InChI=1S/C18H25FN2O.ClH/c19-15-5-1-3-13(11-15)9-10-21(16-7-8-16)18(22)12-14-4-2-6-17(14)20;/h1,3,5,11,14,16-17H,2,4,6-10,12,20H2;1H/t14-,17+;/m0./s1. The Balaban J connectivity index is 0.00000192. The zero-order chi connectivity index (χ0) is 15.5. The minimum absolute atomic E-state index is 0. The van der Waals surface area contributed by atoms with E-state index >= 15 is 0 Å². The summed E-state index contributed by atoms with van der Waals surface area (Å²) in [5, 5.41) is 0. The second-order valence-corrected chi connectivity index (χ2v) is 6.76. The third-order valence-corrected chi connectivity index (χ3v) is 4.99. The first kappa shape index (κ1) is 18.2. The Kier molecular flexibility index (Phi) is 6.42. The van der Waals surface area contributed by atoms with Gasteiger partial charge in [-0.05, 0) is 55.7 Å². The van der Waals surface area contributed by atoms with Crippen molar-refractivity contribution in [2.24, 2.45) is 11.7 Å². The first-order valence-corrected chi connectivity index (χ1v) is 8.43. The van der Waals surface area contributed by atoms with E-state index in [1.807, 2.05) is 11.0 Å². The lowest BCUT2D eigenvalue weighted by Gasteiger charge is -2.25. The van der Waals surface area contributed by atoms with E-state index in [0.29, 0.717) is 24.9 Å². The van der Waals surface area contributed by atoms with Crippen LogP contribution in [0.15, 0.2) is 24.3 Å². The second-order valence-electron chi connectivity index (χ2n) is 6.76. The number of benzene rings is 1. The predicted octanol–water partition coefficient (Wildman–Crippen LogP) is 3.30. The third kappa shape index (κ3) is 4.92. The van der Waals surface area contributed by atoms with Crippen molar-refractivity contribution in [1.82, 2.24) is 4.90 Å². The fourth-order valence-electron chi connectivity index (χ4n) is 3.50. The van der Waals surface area contributed by atoms with Crippen LogP contribution in [0.5, 0.6) is 0 Å². The number of hydrogen-bond donors (Lipinski definition) is 1. The summed E-state index contributed by atoms with van der Waals surface area (Å²) in [5.41, 5.74) is 7.04. The van der Waals surface area contributed by atoms with E-state index in [0.717, 1.165) is 44.1 Å². The molecule has 2 saturated carbocycles. The number of hydrogen-bond acceptors (Lipinski definition) is 2. The van der Waals surface area contributed by atoms with Gasteiger partial charge >= 0.3 is 0 Å². The normalized spacial score (nSPS) is 23.4. The molecule has 2 atom stereocenters. The van der Waals surface area contributed by atoms with Crippen molar-refractivity contribution in [3.05, 3.63) is 35.6 Å². The van der Waals surface area contributed by atoms with Crippen LogP contribution >= 0.6 is 12.4 Å². The van der Waals surface area contributed by atoms with Crippen molar-refractivity contribution in [2.45, 2.75) is 57.0 Å². The van der Waals surface area contributed by atoms with Crippen LogP contribution in [-0.2, 0) is 11.2 Å². The SMILES string of the molecule is Cl.N[C@@H]1CCC[C@H]1CC(=O)N(CCc1cccc(F)c1)C1CC1. The molecule has 1 aromatic rings. The number of amides is 1. The maximum Gasteiger partial charge on any atom is 0.223 e. The maximum atomic E-state index is 13.2. The van der Waals surface area contributed by atoms with Crippen LogP contribution in [0, 0.1) is 11.7 Å². The van der Waals surface area contributed by atoms with Gasteiger partial charge in [0.25, 0.3) is 0 Å². The lowest BCUT2D eigenvalue weighted by molar-refractivity contribution is -0.132. The van der Waals surface area contributed by atoms with Crippen LogP contribution < -0.4 is 5.73 Å². The van der Waals surface area contributed by atoms with Crippen LogP contribution in [0.2, 0.25) is 0 Å². The largest absolute Gasteiger partial charge is 0.339 e. The summed E-state index contributed by atoms with van der Waals surface area (Å²) in [6.45, 7) is 0.689. The molecule has 0 aliphatic heterocycles. The van der Waals surface area contributed by atoms with Crippen molar-refractivity contribution in [3.63, 3.8) is 0 Å². The molecule has 2 aliphatic rings. The number of rotatable bonds is 6. The Bertz CT molecular complexity index is 536. The highest BCUT2D eigenvalue weighted by atomic mass is 35.5. The molecule has 3 rings (SSSR count). The first-order chi connectivity index (χ1) is 10.6. The highest BCUT2D eigenvalue weighted by Crippen LogP contribution is 2.31. The summed E-state index contributed by atoms with van der Waals surface area (Å²) >= 11 is 0. The summed E-state index contributed by atoms with van der Waals surface area (Å²) in [6.07, 6.45) is 6.78. The van der Waals surface area contributed by atoms with Crippen molar-refractivity contribution in [3.8, 4) is 0 Å². The Morgan fingerprint density at radius 3 is 2.65 bits per heavy atom. The van der Waals surface area contributed by atoms with Crippen molar-refractivity contribution >= 4 is 18.3 Å². The van der Waals surface area contributed by atoms with Gasteiger partial charge in [-0.1, -0.05) is 18.6 Å². The van der Waals surface area contributed by atoms with Gasteiger partial charge in [-0.3, -0.25) is 4.79 Å². The molecular formula is C18H26ClFN2O. The summed E-state index contributed by atoms with van der Waals surface area (Å²) in [7, 11) is 0. The number of nitrogens with two attached hydrogens (primary N) is 1. The van der Waals surface area contributed by atoms with Crippen LogP contribution in [0.25, 0.3) is 0 Å². The smallest absolute Gasteiger partial charge is 0.223 e. The molecule has 0 unspecified atom stereocenters. The molecule has 0 bridgehead atoms. The molecule has 0 spiro atoms. The summed E-state index contributed by atoms with van der Waals surface area (Å²) in [6, 6.07) is 7.25. The van der Waals surface area contributed by atoms with Gasteiger partial charge in [-0.25, -0.2) is 4.39 Å². The Labute approximate surface area is 143 Å². The van der Waals surface area contributed by atoms with Crippen LogP contribution in [0.1, 0.15) is 44.1 Å². The monoisotopic (exact) mass is 340 g/mol. The molecular weight excluding hydrogens is 315 g/mol. The second kappa shape index (κ2) is 8.11. The topological polar surface area (TPSA) is 46.3 Å². The van der Waals surface area contributed by atoms with Crippen LogP contribution in [-0.4, -0.2) is 29.4 Å². The molecule has 5 heteroatoms. The summed E-state index contributed by atoms with van der Waals surface area (Å²) in [4.78, 5) is 14.6. The first-order valence-electron chi connectivity index (χ1n) is 8.43. The molecule has 128 valence electrons. The molecule has 0 saturated heterocycles. The zero-order valence-electron chi connectivity index (χ0n) is 13.4. The molecule has 1 aromatic carbocycles. The molecule has 0 heterocycles. The number of nitrogens with zero attached hydrogens (tertiary/aromatic N) is 1. The van der Waals surface area contributed by atoms with Gasteiger partial charge < -0.3 is 10.6 Å². The van der Waals surface area contributed by atoms with Gasteiger partial charge in [0.1, 0.15) is 5.82 Å². The molecule has 0 radical (unpaired) electrons. The number of carbonyl (C=O) groups excluding carboxylic acids is 1. The van der Waals surface area contributed by atoms with Gasteiger partial charge in [-0.2, -0.15) is 0 Å². The van der Waals surface area contributed by atoms with Gasteiger partial charge in [0.2, 0.25) is 5.91 Å². The fraction of sp³-hybridized carbons (Fsp3) is 0.611. The van der Waals surface area contributed by atoms with E-state index in [4.69, 9.17) is 5.73 Å². The van der Waals surface area contributed by atoms with Crippen LogP contribution in [0.3, 0.4) is 0 Å². The molecule has 1 amide bonds. The quantitative estimate of drug-likeness (QED) is 0.863. The maximum absolute atomic E-state index is 13.2. The molecule has 0 aromatic heterocycles. The molecule has 23 heavy (non-hydrogen) atoms. The average Bonchev–Trinajstić information content (AvgIpc) is 3.24. The average molecular weight is 341 g/mol. The lowest BCUT2D eigenvalue weighted by atomic mass is 9.99. The van der Waals surface area contributed by atoms with Gasteiger partial charge in [-0.15, -0.1) is 12.4 Å². The van der Waals surface area contributed by atoms with E-state index in [2.05, 4.69) is 0 Å². The van der Waals surface area contributed by atoms with E-state index in [1.54, 1.807) is 12.1 Å². The van der Waals surface area contributed by atoms with Gasteiger partial charge in [0, 0.05) is 25.0 Å². The Hall–Kier alpha value is -1.13. The van der Waals surface area contributed by atoms with E-state index in [9.17, 15) is 9.18 Å². The third-order valence-electron chi connectivity index (χ3n) is 4.99. The van der Waals surface area contributed by atoms with Crippen molar-refractivity contribution < 1.29 is 9.18 Å². The Morgan fingerprint density at radius 1 is 1.26 bits per heavy atom. The highest BCUT2D eigenvalue weighted by molar-refractivity contribution is 5.85. The molecule has 2 fully saturated rings. The number of carbonyl (C=O) groups is 1. The molecule has 2 aliphatic carbocycles. The van der Waals surface area contributed by atoms with Crippen LogP contribution in [0.4, 0.5) is 4.39 Å². The fourth-order valence-corrected chi connectivity index (χ4v) is 3.50. The Morgan fingerprint density at radius 2 is 2.04 bits per heavy atom. The van der Waals surface area contributed by atoms with Crippen molar-refractivity contribution in [2.75, 3.05) is 6.54 Å². The van der Waals surface area contributed by atoms with E-state index < -0.39 is 0 Å². The van der Waals surface area contributed by atoms with Gasteiger partial charge in [0.05, 0.1) is 0 Å². The molecule has 2 N–H and O–H groups in total.